The van der Waals surface area contributed by atoms with Crippen molar-refractivity contribution in [2.75, 3.05) is 52.7 Å². The molecule has 0 aliphatic carbocycles. The van der Waals surface area contributed by atoms with Crippen LogP contribution < -0.4 is 0 Å². The van der Waals surface area contributed by atoms with Crippen LogP contribution in [-0.2, 0) is 19.0 Å². The molecule has 1 saturated heterocycles. The minimum Gasteiger partial charge on any atom is -0.464 e. The smallest absolute Gasteiger partial charge is 0.332 e. The van der Waals surface area contributed by atoms with E-state index >= 15 is 0 Å². The standard InChI is InChI=1S/C26H33NO4/c1-2-31-25(28)21-30-20-19-29-18-17-27-15-13-24(14-16-27)26(22-9-5-3-6-10-22)23-11-7-4-8-12-23/h3-12H,2,13-21H2,1H3. The Balaban J connectivity index is 1.44. The van der Waals surface area contributed by atoms with E-state index < -0.39 is 0 Å². The van der Waals surface area contributed by atoms with Gasteiger partial charge in [0.15, 0.2) is 0 Å². The van der Waals surface area contributed by atoms with E-state index in [1.165, 1.54) is 22.3 Å². The van der Waals surface area contributed by atoms with Crippen LogP contribution in [0.2, 0.25) is 0 Å². The lowest BCUT2D eigenvalue weighted by Gasteiger charge is -2.30. The fourth-order valence-corrected chi connectivity index (χ4v) is 3.85. The monoisotopic (exact) mass is 423 g/mol. The van der Waals surface area contributed by atoms with Crippen LogP contribution in [0.4, 0.5) is 0 Å². The summed E-state index contributed by atoms with van der Waals surface area (Å²) in [6.07, 6.45) is 2.14. The molecular formula is C26H33NO4. The first-order valence-electron chi connectivity index (χ1n) is 11.1. The Morgan fingerprint density at radius 2 is 1.42 bits per heavy atom. The van der Waals surface area contributed by atoms with Gasteiger partial charge in [-0.25, -0.2) is 4.79 Å². The van der Waals surface area contributed by atoms with Crippen molar-refractivity contribution in [2.45, 2.75) is 19.8 Å². The van der Waals surface area contributed by atoms with Gasteiger partial charge in [-0.05, 0) is 36.5 Å². The number of hydrogen-bond acceptors (Lipinski definition) is 5. The van der Waals surface area contributed by atoms with Crippen molar-refractivity contribution >= 4 is 11.5 Å². The van der Waals surface area contributed by atoms with E-state index in [9.17, 15) is 4.79 Å². The maximum Gasteiger partial charge on any atom is 0.332 e. The Morgan fingerprint density at radius 1 is 0.839 bits per heavy atom. The van der Waals surface area contributed by atoms with Gasteiger partial charge in [0.1, 0.15) is 6.61 Å². The van der Waals surface area contributed by atoms with Crippen LogP contribution in [0.5, 0.6) is 0 Å². The normalized spacial score (nSPS) is 14.4. The molecule has 31 heavy (non-hydrogen) atoms. The van der Waals surface area contributed by atoms with E-state index in [1.807, 2.05) is 0 Å². The molecule has 3 rings (SSSR count). The van der Waals surface area contributed by atoms with Gasteiger partial charge in [-0.1, -0.05) is 66.2 Å². The Hall–Kier alpha value is -2.47. The van der Waals surface area contributed by atoms with Gasteiger partial charge in [0.2, 0.25) is 0 Å². The summed E-state index contributed by atoms with van der Waals surface area (Å²) >= 11 is 0. The van der Waals surface area contributed by atoms with Crippen LogP contribution >= 0.6 is 0 Å². The Labute approximate surface area is 185 Å². The summed E-state index contributed by atoms with van der Waals surface area (Å²) in [7, 11) is 0. The molecule has 2 aromatic rings. The number of piperidine rings is 1. The molecule has 0 radical (unpaired) electrons. The highest BCUT2D eigenvalue weighted by Gasteiger charge is 2.18. The van der Waals surface area contributed by atoms with Crippen LogP contribution in [0, 0.1) is 0 Å². The third-order valence-corrected chi connectivity index (χ3v) is 5.39. The molecule has 1 aliphatic rings. The number of benzene rings is 2. The van der Waals surface area contributed by atoms with Crippen LogP contribution in [0.15, 0.2) is 66.2 Å². The van der Waals surface area contributed by atoms with E-state index in [0.717, 1.165) is 32.5 Å². The molecule has 0 unspecified atom stereocenters. The van der Waals surface area contributed by atoms with Gasteiger partial charge in [-0.2, -0.15) is 0 Å². The second-order valence-corrected chi connectivity index (χ2v) is 7.52. The molecule has 0 aromatic heterocycles. The molecule has 2 aromatic carbocycles. The van der Waals surface area contributed by atoms with E-state index in [4.69, 9.17) is 14.2 Å². The Bertz CT molecular complexity index is 768. The van der Waals surface area contributed by atoms with Crippen LogP contribution in [0.3, 0.4) is 0 Å². The lowest BCUT2D eigenvalue weighted by Crippen LogP contribution is -2.34. The zero-order valence-electron chi connectivity index (χ0n) is 18.4. The van der Waals surface area contributed by atoms with Gasteiger partial charge in [0.25, 0.3) is 0 Å². The number of carbonyl (C=O) groups excluding carboxylic acids is 1. The van der Waals surface area contributed by atoms with Gasteiger partial charge in [0, 0.05) is 19.6 Å². The van der Waals surface area contributed by atoms with Gasteiger partial charge in [0.05, 0.1) is 26.4 Å². The minimum absolute atomic E-state index is 0.0103. The summed E-state index contributed by atoms with van der Waals surface area (Å²) in [5.74, 6) is -0.329. The summed E-state index contributed by atoms with van der Waals surface area (Å²) in [4.78, 5) is 13.7. The molecule has 5 nitrogen and oxygen atoms in total. The largest absolute Gasteiger partial charge is 0.464 e. The predicted octanol–water partition coefficient (Wildman–Crippen LogP) is 4.18. The summed E-state index contributed by atoms with van der Waals surface area (Å²) in [5, 5.41) is 0. The molecule has 0 spiro atoms. The topological polar surface area (TPSA) is 48.0 Å². The number of nitrogens with zero attached hydrogens (tertiary/aromatic N) is 1. The number of esters is 1. The molecule has 0 saturated carbocycles. The molecule has 166 valence electrons. The molecule has 1 heterocycles. The first-order valence-corrected chi connectivity index (χ1v) is 11.1. The van der Waals surface area contributed by atoms with E-state index in [0.29, 0.717) is 26.4 Å². The molecule has 5 heteroatoms. The number of ether oxygens (including phenoxy) is 3. The summed E-state index contributed by atoms with van der Waals surface area (Å²) in [5.41, 5.74) is 5.50. The SMILES string of the molecule is CCOC(=O)COCCOCCN1CCC(=C(c2ccccc2)c2ccccc2)CC1. The third-order valence-electron chi connectivity index (χ3n) is 5.39. The average Bonchev–Trinajstić information content (AvgIpc) is 2.81. The number of rotatable bonds is 11. The first-order chi connectivity index (χ1) is 15.3. The van der Waals surface area contributed by atoms with Crippen molar-refractivity contribution in [1.29, 1.82) is 0 Å². The highest BCUT2D eigenvalue weighted by molar-refractivity contribution is 5.82. The summed E-state index contributed by atoms with van der Waals surface area (Å²) < 4.78 is 15.7. The number of carbonyl (C=O) groups is 1. The number of likely N-dealkylation sites (tertiary alicyclic amines) is 1. The molecule has 0 N–H and O–H groups in total. The maximum atomic E-state index is 11.2. The average molecular weight is 424 g/mol. The summed E-state index contributed by atoms with van der Waals surface area (Å²) in [6, 6.07) is 21.4. The lowest BCUT2D eigenvalue weighted by molar-refractivity contribution is -0.148. The van der Waals surface area contributed by atoms with E-state index in [-0.39, 0.29) is 12.6 Å². The van der Waals surface area contributed by atoms with Crippen molar-refractivity contribution in [1.82, 2.24) is 4.90 Å². The quantitative estimate of drug-likeness (QED) is 0.401. The second-order valence-electron chi connectivity index (χ2n) is 7.52. The highest BCUT2D eigenvalue weighted by Crippen LogP contribution is 2.32. The van der Waals surface area contributed by atoms with Crippen molar-refractivity contribution < 1.29 is 19.0 Å². The third kappa shape index (κ3) is 7.62. The zero-order valence-corrected chi connectivity index (χ0v) is 18.4. The molecular weight excluding hydrogens is 390 g/mol. The highest BCUT2D eigenvalue weighted by atomic mass is 16.6. The second kappa shape index (κ2) is 13.1. The fourth-order valence-electron chi connectivity index (χ4n) is 3.85. The summed E-state index contributed by atoms with van der Waals surface area (Å²) in [6.45, 7) is 6.72. The van der Waals surface area contributed by atoms with E-state index in [2.05, 4.69) is 65.6 Å². The number of hydrogen-bond donors (Lipinski definition) is 0. The minimum atomic E-state index is -0.329. The van der Waals surface area contributed by atoms with Gasteiger partial charge in [-0.3, -0.25) is 0 Å². The predicted molar refractivity (Wildman–Crippen MR) is 123 cm³/mol. The van der Waals surface area contributed by atoms with E-state index in [1.54, 1.807) is 6.92 Å². The van der Waals surface area contributed by atoms with Crippen LogP contribution in [-0.4, -0.2) is 63.5 Å². The Kier molecular flexibility index (Phi) is 9.77. The maximum absolute atomic E-state index is 11.2. The molecule has 0 amide bonds. The van der Waals surface area contributed by atoms with Crippen LogP contribution in [0.1, 0.15) is 30.9 Å². The van der Waals surface area contributed by atoms with Crippen molar-refractivity contribution in [3.05, 3.63) is 77.4 Å². The van der Waals surface area contributed by atoms with Crippen molar-refractivity contribution in [3.63, 3.8) is 0 Å². The fraction of sp³-hybridized carbons (Fsp3) is 0.423. The molecule has 0 atom stereocenters. The molecule has 1 fully saturated rings. The molecule has 0 bridgehead atoms. The Morgan fingerprint density at radius 3 is 2.00 bits per heavy atom. The molecule has 1 aliphatic heterocycles. The lowest BCUT2D eigenvalue weighted by atomic mass is 9.88. The first kappa shape index (κ1) is 23.2. The zero-order chi connectivity index (χ0) is 21.7. The van der Waals surface area contributed by atoms with Crippen molar-refractivity contribution in [3.8, 4) is 0 Å². The van der Waals surface area contributed by atoms with Gasteiger partial charge in [-0.15, -0.1) is 0 Å². The van der Waals surface area contributed by atoms with Gasteiger partial charge < -0.3 is 19.1 Å². The van der Waals surface area contributed by atoms with Crippen LogP contribution in [0.25, 0.3) is 5.57 Å². The van der Waals surface area contributed by atoms with Gasteiger partial charge >= 0.3 is 5.97 Å². The van der Waals surface area contributed by atoms with Crippen molar-refractivity contribution in [2.24, 2.45) is 0 Å².